The zero-order valence-corrected chi connectivity index (χ0v) is 13.4. The number of likely N-dealkylation sites (N-methyl/N-ethyl adjacent to an activating group) is 1. The van der Waals surface area contributed by atoms with Crippen LogP contribution in [0.25, 0.3) is 0 Å². The summed E-state index contributed by atoms with van der Waals surface area (Å²) in [5.41, 5.74) is 2.01. The molecule has 3 atom stereocenters. The minimum atomic E-state index is -0.304. The third kappa shape index (κ3) is 3.72. The lowest BCUT2D eigenvalue weighted by Crippen LogP contribution is -2.49. The van der Waals surface area contributed by atoms with Crippen molar-refractivity contribution in [3.8, 4) is 0 Å². The lowest BCUT2D eigenvalue weighted by atomic mass is 9.90. The number of rotatable bonds is 5. The smallest absolute Gasteiger partial charge is 0.179 e. The molecule has 0 bridgehead atoms. The number of ketones is 1. The maximum absolute atomic E-state index is 12.6. The van der Waals surface area contributed by atoms with Crippen LogP contribution in [0.15, 0.2) is 24.3 Å². The quantitative estimate of drug-likeness (QED) is 0.847. The van der Waals surface area contributed by atoms with Gasteiger partial charge in [0.15, 0.2) is 5.78 Å². The maximum atomic E-state index is 12.6. The molecule has 1 aromatic rings. The van der Waals surface area contributed by atoms with Crippen LogP contribution in [-0.2, 0) is 6.42 Å². The number of benzene rings is 1. The van der Waals surface area contributed by atoms with Crippen LogP contribution in [-0.4, -0.2) is 41.0 Å². The van der Waals surface area contributed by atoms with E-state index in [4.69, 9.17) is 0 Å². The molecule has 0 saturated heterocycles. The molecule has 1 N–H and O–H groups in total. The number of aliphatic hydroxyl groups is 1. The highest BCUT2D eigenvalue weighted by molar-refractivity contribution is 5.99. The Kier molecular flexibility index (Phi) is 5.54. The first-order chi connectivity index (χ1) is 10.0. The summed E-state index contributed by atoms with van der Waals surface area (Å²) in [5, 5.41) is 10.2. The van der Waals surface area contributed by atoms with Crippen molar-refractivity contribution in [1.29, 1.82) is 0 Å². The van der Waals surface area contributed by atoms with E-state index in [2.05, 4.69) is 11.8 Å². The Labute approximate surface area is 128 Å². The molecule has 3 unspecified atom stereocenters. The van der Waals surface area contributed by atoms with Gasteiger partial charge in [0, 0.05) is 11.6 Å². The summed E-state index contributed by atoms with van der Waals surface area (Å²) in [6, 6.07) is 7.79. The monoisotopic (exact) mass is 289 g/mol. The Morgan fingerprint density at radius 3 is 2.48 bits per heavy atom. The number of aliphatic hydroxyl groups excluding tert-OH is 1. The molecule has 3 nitrogen and oxygen atoms in total. The lowest BCUT2D eigenvalue weighted by Gasteiger charge is -2.38. The Balaban J connectivity index is 2.06. The van der Waals surface area contributed by atoms with E-state index in [0.717, 1.165) is 37.7 Å². The predicted molar refractivity (Wildman–Crippen MR) is 85.6 cm³/mol. The van der Waals surface area contributed by atoms with Crippen molar-refractivity contribution in [2.45, 2.75) is 64.1 Å². The summed E-state index contributed by atoms with van der Waals surface area (Å²) < 4.78 is 0. The van der Waals surface area contributed by atoms with Gasteiger partial charge in [0.2, 0.25) is 0 Å². The van der Waals surface area contributed by atoms with Gasteiger partial charge in [-0.3, -0.25) is 9.69 Å². The van der Waals surface area contributed by atoms with E-state index in [1.54, 1.807) is 0 Å². The molecule has 0 aliphatic heterocycles. The van der Waals surface area contributed by atoms with Gasteiger partial charge in [0.05, 0.1) is 12.1 Å². The molecule has 3 heteroatoms. The summed E-state index contributed by atoms with van der Waals surface area (Å²) in [4.78, 5) is 14.7. The van der Waals surface area contributed by atoms with Crippen LogP contribution in [0.3, 0.4) is 0 Å². The largest absolute Gasteiger partial charge is 0.391 e. The van der Waals surface area contributed by atoms with Gasteiger partial charge < -0.3 is 5.11 Å². The summed E-state index contributed by atoms with van der Waals surface area (Å²) in [6.07, 6.45) is 4.73. The topological polar surface area (TPSA) is 40.5 Å². The molecule has 0 heterocycles. The minimum absolute atomic E-state index is 0.104. The second-order valence-corrected chi connectivity index (χ2v) is 6.18. The van der Waals surface area contributed by atoms with Gasteiger partial charge in [-0.15, -0.1) is 0 Å². The van der Waals surface area contributed by atoms with E-state index < -0.39 is 0 Å². The molecule has 1 fully saturated rings. The fourth-order valence-corrected chi connectivity index (χ4v) is 3.18. The number of carbonyl (C=O) groups is 1. The number of hydrogen-bond acceptors (Lipinski definition) is 3. The molecular weight excluding hydrogens is 262 g/mol. The van der Waals surface area contributed by atoms with E-state index in [1.807, 2.05) is 38.2 Å². The van der Waals surface area contributed by atoms with E-state index in [1.165, 1.54) is 5.56 Å². The Bertz CT molecular complexity index is 469. The number of carbonyl (C=O) groups excluding carboxylic acids is 1. The fraction of sp³-hybridized carbons (Fsp3) is 0.611. The SMILES string of the molecule is CCc1ccc(C(=O)C(C)N(C)C2CCCCC2O)cc1. The molecule has 2 rings (SSSR count). The van der Waals surface area contributed by atoms with E-state index in [9.17, 15) is 9.90 Å². The van der Waals surface area contributed by atoms with Gasteiger partial charge in [-0.25, -0.2) is 0 Å². The van der Waals surface area contributed by atoms with Crippen molar-refractivity contribution >= 4 is 5.78 Å². The van der Waals surface area contributed by atoms with Crippen LogP contribution >= 0.6 is 0 Å². The Morgan fingerprint density at radius 2 is 1.90 bits per heavy atom. The van der Waals surface area contributed by atoms with Crippen LogP contribution < -0.4 is 0 Å². The van der Waals surface area contributed by atoms with Crippen molar-refractivity contribution in [2.75, 3.05) is 7.05 Å². The Hall–Kier alpha value is -1.19. The van der Waals surface area contributed by atoms with Gasteiger partial charge in [-0.2, -0.15) is 0 Å². The summed E-state index contributed by atoms with van der Waals surface area (Å²) in [5.74, 6) is 0.137. The Morgan fingerprint density at radius 1 is 1.29 bits per heavy atom. The predicted octanol–water partition coefficient (Wildman–Crippen LogP) is 3.06. The molecule has 0 spiro atoms. The third-order valence-corrected chi connectivity index (χ3v) is 4.85. The molecule has 1 aliphatic rings. The van der Waals surface area contributed by atoms with Crippen molar-refractivity contribution < 1.29 is 9.90 Å². The average Bonchev–Trinajstić information content (AvgIpc) is 2.53. The van der Waals surface area contributed by atoms with Crippen LogP contribution in [0.2, 0.25) is 0 Å². The maximum Gasteiger partial charge on any atom is 0.179 e. The van der Waals surface area contributed by atoms with Crippen LogP contribution in [0.5, 0.6) is 0 Å². The number of nitrogens with zero attached hydrogens (tertiary/aromatic N) is 1. The van der Waals surface area contributed by atoms with Crippen molar-refractivity contribution in [3.05, 3.63) is 35.4 Å². The van der Waals surface area contributed by atoms with Gasteiger partial charge in [0.1, 0.15) is 0 Å². The molecular formula is C18H27NO2. The normalized spacial score (nSPS) is 24.0. The van der Waals surface area contributed by atoms with Crippen LogP contribution in [0.1, 0.15) is 55.5 Å². The van der Waals surface area contributed by atoms with Crippen molar-refractivity contribution in [2.24, 2.45) is 0 Å². The molecule has 116 valence electrons. The van der Waals surface area contributed by atoms with Gasteiger partial charge >= 0.3 is 0 Å². The first-order valence-corrected chi connectivity index (χ1v) is 8.07. The zero-order chi connectivity index (χ0) is 15.4. The van der Waals surface area contributed by atoms with Crippen molar-refractivity contribution in [1.82, 2.24) is 4.90 Å². The first kappa shape index (κ1) is 16.2. The molecule has 1 aliphatic carbocycles. The molecule has 0 aromatic heterocycles. The average molecular weight is 289 g/mol. The molecule has 21 heavy (non-hydrogen) atoms. The fourth-order valence-electron chi connectivity index (χ4n) is 3.18. The molecule has 1 saturated carbocycles. The van der Waals surface area contributed by atoms with Crippen molar-refractivity contribution in [3.63, 3.8) is 0 Å². The third-order valence-electron chi connectivity index (χ3n) is 4.85. The molecule has 0 amide bonds. The van der Waals surface area contributed by atoms with Gasteiger partial charge in [-0.05, 0) is 38.8 Å². The second kappa shape index (κ2) is 7.19. The standard InChI is InChI=1S/C18H27NO2/c1-4-14-9-11-15(12-10-14)18(21)13(2)19(3)16-7-5-6-8-17(16)20/h9-13,16-17,20H,4-8H2,1-3H3. The summed E-state index contributed by atoms with van der Waals surface area (Å²) in [6.45, 7) is 4.05. The van der Waals surface area contributed by atoms with E-state index >= 15 is 0 Å². The molecule has 0 radical (unpaired) electrons. The highest BCUT2D eigenvalue weighted by Crippen LogP contribution is 2.24. The van der Waals surface area contributed by atoms with Gasteiger partial charge in [-0.1, -0.05) is 44.0 Å². The summed E-state index contributed by atoms with van der Waals surface area (Å²) in [7, 11) is 1.96. The summed E-state index contributed by atoms with van der Waals surface area (Å²) >= 11 is 0. The highest BCUT2D eigenvalue weighted by atomic mass is 16.3. The second-order valence-electron chi connectivity index (χ2n) is 6.18. The lowest BCUT2D eigenvalue weighted by molar-refractivity contribution is 0.0171. The van der Waals surface area contributed by atoms with Crippen LogP contribution in [0.4, 0.5) is 0 Å². The first-order valence-electron chi connectivity index (χ1n) is 8.07. The molecule has 1 aromatic carbocycles. The van der Waals surface area contributed by atoms with Gasteiger partial charge in [0.25, 0.3) is 0 Å². The zero-order valence-electron chi connectivity index (χ0n) is 13.4. The van der Waals surface area contributed by atoms with E-state index in [-0.39, 0.29) is 24.0 Å². The van der Waals surface area contributed by atoms with Crippen LogP contribution in [0, 0.1) is 0 Å². The minimum Gasteiger partial charge on any atom is -0.391 e. The van der Waals surface area contributed by atoms with E-state index in [0.29, 0.717) is 0 Å². The number of hydrogen-bond donors (Lipinski definition) is 1. The number of Topliss-reactive ketones (excluding diaryl/α,β-unsaturated/α-hetero) is 1. The number of aryl methyl sites for hydroxylation is 1. The highest BCUT2D eigenvalue weighted by Gasteiger charge is 2.31.